The predicted octanol–water partition coefficient (Wildman–Crippen LogP) is -0.318. The van der Waals surface area contributed by atoms with Crippen LogP contribution in [0.3, 0.4) is 0 Å². The Balaban J connectivity index is 0.00000324. The molecule has 0 radical (unpaired) electrons. The van der Waals surface area contributed by atoms with Crippen LogP contribution >= 0.6 is 24.2 Å². The van der Waals surface area contributed by atoms with Gasteiger partial charge in [0, 0.05) is 38.9 Å². The Kier molecular flexibility index (Phi) is 10.0. The number of nitrogens with zero attached hydrogens (tertiary/aromatic N) is 1. The first-order valence-corrected chi connectivity index (χ1v) is 7.12. The zero-order valence-corrected chi connectivity index (χ0v) is 12.9. The number of halogens is 1. The molecule has 1 fully saturated rings. The van der Waals surface area contributed by atoms with Gasteiger partial charge in [-0.1, -0.05) is 0 Å². The molecule has 2 N–H and O–H groups in total. The average molecular weight is 312 g/mol. The summed E-state index contributed by atoms with van der Waals surface area (Å²) in [5, 5.41) is 5.85. The monoisotopic (exact) mass is 311 g/mol. The van der Waals surface area contributed by atoms with Crippen LogP contribution in [0.2, 0.25) is 0 Å². The molecule has 2 amide bonds. The molecule has 0 spiro atoms. The van der Waals surface area contributed by atoms with Crippen molar-refractivity contribution in [2.75, 3.05) is 45.5 Å². The number of carbonyl (C=O) groups is 2. The zero-order valence-electron chi connectivity index (χ0n) is 11.3. The highest BCUT2D eigenvalue weighted by Crippen LogP contribution is 2.11. The van der Waals surface area contributed by atoms with Crippen LogP contribution in [0.4, 0.5) is 0 Å². The van der Waals surface area contributed by atoms with Crippen molar-refractivity contribution in [2.24, 2.45) is 0 Å². The van der Waals surface area contributed by atoms with E-state index in [1.165, 1.54) is 4.90 Å². The Bertz CT molecular complexity index is 288. The highest BCUT2D eigenvalue weighted by atomic mass is 35.5. The molecule has 8 heteroatoms. The molecule has 0 aromatic heterocycles. The number of ether oxygens (including phenoxy) is 1. The number of thioether (sulfide) groups is 1. The fraction of sp³-hybridized carbons (Fsp3) is 0.818. The van der Waals surface area contributed by atoms with Crippen molar-refractivity contribution in [3.8, 4) is 0 Å². The first kappa shape index (κ1) is 18.5. The summed E-state index contributed by atoms with van der Waals surface area (Å²) in [5.41, 5.74) is 0. The van der Waals surface area contributed by atoms with E-state index in [2.05, 4.69) is 10.6 Å². The fourth-order valence-electron chi connectivity index (χ4n) is 1.61. The molecule has 0 saturated carbocycles. The molecule has 1 unspecified atom stereocenters. The van der Waals surface area contributed by atoms with E-state index < -0.39 is 0 Å². The predicted molar refractivity (Wildman–Crippen MR) is 78.6 cm³/mol. The number of nitrogens with one attached hydrogen (secondary N) is 2. The number of likely N-dealkylation sites (N-methyl/N-ethyl adjacent to an activating group) is 1. The molecule has 0 aliphatic carbocycles. The summed E-state index contributed by atoms with van der Waals surface area (Å²) >= 11 is 1.69. The van der Waals surface area contributed by atoms with Crippen LogP contribution in [-0.2, 0) is 14.3 Å². The van der Waals surface area contributed by atoms with Crippen LogP contribution in [0, 0.1) is 0 Å². The summed E-state index contributed by atoms with van der Waals surface area (Å²) in [6.45, 7) is 1.30. The van der Waals surface area contributed by atoms with Crippen molar-refractivity contribution in [3.05, 3.63) is 0 Å². The molecule has 0 aromatic carbocycles. The average Bonchev–Trinajstić information content (AvgIpc) is 2.87. The van der Waals surface area contributed by atoms with E-state index in [1.807, 2.05) is 0 Å². The Morgan fingerprint density at radius 3 is 2.84 bits per heavy atom. The summed E-state index contributed by atoms with van der Waals surface area (Å²) < 4.78 is 4.88. The molecule has 6 nitrogen and oxygen atoms in total. The summed E-state index contributed by atoms with van der Waals surface area (Å²) in [4.78, 5) is 24.9. The van der Waals surface area contributed by atoms with E-state index in [0.29, 0.717) is 13.2 Å². The normalized spacial score (nSPS) is 17.7. The standard InChI is InChI=1S/C11H21N3O3S.ClH/c1-14(11(16)9-7-18-8-13-9)6-10(15)12-4-3-5-17-2;/h9,13H,3-8H2,1-2H3,(H,12,15);1H. The first-order chi connectivity index (χ1) is 8.65. The lowest BCUT2D eigenvalue weighted by molar-refractivity contribution is -0.135. The second kappa shape index (κ2) is 10.3. The van der Waals surface area contributed by atoms with Crippen LogP contribution in [0.5, 0.6) is 0 Å². The number of hydrogen-bond donors (Lipinski definition) is 2. The largest absolute Gasteiger partial charge is 0.385 e. The molecule has 0 aromatic rings. The van der Waals surface area contributed by atoms with Gasteiger partial charge in [0.25, 0.3) is 0 Å². The number of hydrogen-bond acceptors (Lipinski definition) is 5. The SMILES string of the molecule is COCCCNC(=O)CN(C)C(=O)C1CSCN1.Cl. The summed E-state index contributed by atoms with van der Waals surface area (Å²) in [7, 11) is 3.28. The molecule has 1 saturated heterocycles. The van der Waals surface area contributed by atoms with E-state index >= 15 is 0 Å². The van der Waals surface area contributed by atoms with Crippen LogP contribution in [-0.4, -0.2) is 68.2 Å². The summed E-state index contributed by atoms with van der Waals surface area (Å²) in [5.74, 6) is 1.42. The van der Waals surface area contributed by atoms with E-state index in [0.717, 1.165) is 18.1 Å². The topological polar surface area (TPSA) is 70.7 Å². The van der Waals surface area contributed by atoms with Crippen molar-refractivity contribution in [1.82, 2.24) is 15.5 Å². The molecule has 1 rings (SSSR count). The van der Waals surface area contributed by atoms with Gasteiger partial charge in [-0.2, -0.15) is 0 Å². The van der Waals surface area contributed by atoms with Gasteiger partial charge in [-0.25, -0.2) is 0 Å². The number of methoxy groups -OCH3 is 1. The van der Waals surface area contributed by atoms with Gasteiger partial charge in [0.05, 0.1) is 12.6 Å². The van der Waals surface area contributed by atoms with E-state index in [4.69, 9.17) is 4.74 Å². The number of carbonyl (C=O) groups excluding carboxylic acids is 2. The maximum atomic E-state index is 11.9. The van der Waals surface area contributed by atoms with Crippen molar-refractivity contribution in [2.45, 2.75) is 12.5 Å². The molecular weight excluding hydrogens is 290 g/mol. The Morgan fingerprint density at radius 1 is 1.53 bits per heavy atom. The molecule has 1 aliphatic rings. The van der Waals surface area contributed by atoms with Gasteiger partial charge in [0.15, 0.2) is 0 Å². The Morgan fingerprint density at radius 2 is 2.26 bits per heavy atom. The van der Waals surface area contributed by atoms with Gasteiger partial charge in [0.1, 0.15) is 0 Å². The first-order valence-electron chi connectivity index (χ1n) is 5.97. The maximum absolute atomic E-state index is 11.9. The van der Waals surface area contributed by atoms with Gasteiger partial charge in [-0.3, -0.25) is 14.9 Å². The lowest BCUT2D eigenvalue weighted by Gasteiger charge is -2.20. The third kappa shape index (κ3) is 7.00. The summed E-state index contributed by atoms with van der Waals surface area (Å²) in [6.07, 6.45) is 0.778. The number of amides is 2. The molecule has 0 bridgehead atoms. The van der Waals surface area contributed by atoms with Gasteiger partial charge in [0.2, 0.25) is 11.8 Å². The van der Waals surface area contributed by atoms with Gasteiger partial charge in [-0.15, -0.1) is 24.2 Å². The number of rotatable bonds is 7. The molecule has 1 aliphatic heterocycles. The van der Waals surface area contributed by atoms with Gasteiger partial charge >= 0.3 is 0 Å². The van der Waals surface area contributed by atoms with Crippen molar-refractivity contribution in [3.63, 3.8) is 0 Å². The second-order valence-electron chi connectivity index (χ2n) is 4.16. The van der Waals surface area contributed by atoms with E-state index in [1.54, 1.807) is 25.9 Å². The Hall–Kier alpha value is -0.500. The molecule has 1 heterocycles. The minimum atomic E-state index is -0.152. The maximum Gasteiger partial charge on any atom is 0.240 e. The van der Waals surface area contributed by atoms with Gasteiger partial charge in [-0.05, 0) is 6.42 Å². The molecule has 112 valence electrons. The van der Waals surface area contributed by atoms with Crippen molar-refractivity contribution >= 4 is 36.0 Å². The van der Waals surface area contributed by atoms with Crippen LogP contribution in [0.25, 0.3) is 0 Å². The minimum absolute atomic E-state index is 0. The van der Waals surface area contributed by atoms with E-state index in [-0.39, 0.29) is 36.8 Å². The quantitative estimate of drug-likeness (QED) is 0.631. The highest BCUT2D eigenvalue weighted by molar-refractivity contribution is 7.99. The lowest BCUT2D eigenvalue weighted by Crippen LogP contribution is -2.46. The third-order valence-corrected chi connectivity index (χ3v) is 3.56. The van der Waals surface area contributed by atoms with Crippen molar-refractivity contribution < 1.29 is 14.3 Å². The van der Waals surface area contributed by atoms with Gasteiger partial charge < -0.3 is 15.0 Å². The van der Waals surface area contributed by atoms with Crippen LogP contribution in [0.15, 0.2) is 0 Å². The third-order valence-electron chi connectivity index (χ3n) is 2.62. The van der Waals surface area contributed by atoms with Crippen LogP contribution in [0.1, 0.15) is 6.42 Å². The molecular formula is C11H22ClN3O3S. The highest BCUT2D eigenvalue weighted by Gasteiger charge is 2.26. The lowest BCUT2D eigenvalue weighted by atomic mass is 10.3. The van der Waals surface area contributed by atoms with Crippen molar-refractivity contribution in [1.29, 1.82) is 0 Å². The molecule has 1 atom stereocenters. The van der Waals surface area contributed by atoms with Crippen LogP contribution < -0.4 is 10.6 Å². The smallest absolute Gasteiger partial charge is 0.240 e. The molecule has 19 heavy (non-hydrogen) atoms. The minimum Gasteiger partial charge on any atom is -0.385 e. The second-order valence-corrected chi connectivity index (χ2v) is 5.19. The summed E-state index contributed by atoms with van der Waals surface area (Å²) in [6, 6.07) is -0.152. The fourth-order valence-corrected chi connectivity index (χ4v) is 2.55. The zero-order chi connectivity index (χ0) is 13.4. The van der Waals surface area contributed by atoms with E-state index in [9.17, 15) is 9.59 Å². The Labute approximate surface area is 124 Å².